The molecule has 0 aliphatic rings. The summed E-state index contributed by atoms with van der Waals surface area (Å²) in [6.07, 6.45) is 3.30. The summed E-state index contributed by atoms with van der Waals surface area (Å²) < 4.78 is 4.73. The van der Waals surface area contributed by atoms with Crippen molar-refractivity contribution in [3.05, 3.63) is 65.6 Å². The number of aryl methyl sites for hydroxylation is 1. The van der Waals surface area contributed by atoms with Gasteiger partial charge in [0.15, 0.2) is 0 Å². The third kappa shape index (κ3) is 3.68. The second kappa shape index (κ2) is 7.17. The van der Waals surface area contributed by atoms with Gasteiger partial charge >= 0.3 is 5.97 Å². The van der Waals surface area contributed by atoms with E-state index in [-0.39, 0.29) is 12.3 Å². The number of pyridine rings is 1. The zero-order chi connectivity index (χ0) is 17.8. The molecule has 0 saturated heterocycles. The second-order valence-electron chi connectivity index (χ2n) is 5.81. The number of aromatic amines is 1. The van der Waals surface area contributed by atoms with Crippen LogP contribution in [0.5, 0.6) is 0 Å². The normalized spacial score (nSPS) is 11.9. The van der Waals surface area contributed by atoms with Crippen molar-refractivity contribution in [3.8, 4) is 0 Å². The predicted molar refractivity (Wildman–Crippen MR) is 94.1 cm³/mol. The number of hydrogen-bond donors (Lipinski definition) is 2. The number of esters is 1. The predicted octanol–water partition coefficient (Wildman–Crippen LogP) is 2.91. The van der Waals surface area contributed by atoms with Crippen LogP contribution >= 0.6 is 0 Å². The van der Waals surface area contributed by atoms with Crippen LogP contribution in [0.1, 0.15) is 34.1 Å². The number of aromatic nitrogens is 2. The number of benzene rings is 1. The minimum Gasteiger partial charge on any atom is -0.469 e. The third-order valence-electron chi connectivity index (χ3n) is 4.10. The van der Waals surface area contributed by atoms with E-state index in [4.69, 9.17) is 4.74 Å². The second-order valence-corrected chi connectivity index (χ2v) is 5.81. The maximum Gasteiger partial charge on any atom is 0.307 e. The molecule has 2 N–H and O–H groups in total. The van der Waals surface area contributed by atoms with Gasteiger partial charge in [-0.05, 0) is 30.2 Å². The molecular formula is C19H19N3O3. The van der Waals surface area contributed by atoms with Gasteiger partial charge in [0.05, 0.1) is 19.6 Å². The first-order valence-electron chi connectivity index (χ1n) is 7.94. The largest absolute Gasteiger partial charge is 0.469 e. The van der Waals surface area contributed by atoms with Crippen molar-refractivity contribution in [2.45, 2.75) is 19.4 Å². The fourth-order valence-electron chi connectivity index (χ4n) is 2.75. The van der Waals surface area contributed by atoms with Gasteiger partial charge in [-0.25, -0.2) is 0 Å². The molecule has 0 saturated carbocycles. The molecule has 6 heteroatoms. The Balaban J connectivity index is 1.86. The number of H-pyrrole nitrogens is 1. The van der Waals surface area contributed by atoms with Gasteiger partial charge in [0.1, 0.15) is 5.69 Å². The average molecular weight is 337 g/mol. The molecule has 0 aliphatic heterocycles. The van der Waals surface area contributed by atoms with Crippen LogP contribution in [0.15, 0.2) is 48.8 Å². The third-order valence-corrected chi connectivity index (χ3v) is 4.10. The monoisotopic (exact) mass is 337 g/mol. The highest BCUT2D eigenvalue weighted by molar-refractivity contribution is 5.99. The molecule has 0 radical (unpaired) electrons. The molecule has 6 nitrogen and oxygen atoms in total. The van der Waals surface area contributed by atoms with Crippen LogP contribution in [0.25, 0.3) is 10.9 Å². The summed E-state index contributed by atoms with van der Waals surface area (Å²) in [7, 11) is 1.32. The van der Waals surface area contributed by atoms with Gasteiger partial charge in [0.25, 0.3) is 5.91 Å². The van der Waals surface area contributed by atoms with Crippen molar-refractivity contribution < 1.29 is 14.3 Å². The molecule has 1 amide bonds. The standard InChI is InChI=1S/C19H19N3O3/c1-12-5-3-6-13-9-16(21-18(12)13)19(24)22-15(10-17(23)25-2)14-7-4-8-20-11-14/h3-9,11,15,21H,10H2,1-2H3,(H,22,24). The van der Waals surface area contributed by atoms with Crippen molar-refractivity contribution >= 4 is 22.8 Å². The van der Waals surface area contributed by atoms with Crippen molar-refractivity contribution in [1.82, 2.24) is 15.3 Å². The number of hydrogen-bond acceptors (Lipinski definition) is 4. The Morgan fingerprint density at radius 3 is 2.80 bits per heavy atom. The summed E-state index contributed by atoms with van der Waals surface area (Å²) in [5.41, 5.74) is 3.19. The topological polar surface area (TPSA) is 84.1 Å². The lowest BCUT2D eigenvalue weighted by Crippen LogP contribution is -2.30. The zero-order valence-corrected chi connectivity index (χ0v) is 14.1. The van der Waals surface area contributed by atoms with E-state index >= 15 is 0 Å². The molecule has 2 heterocycles. The summed E-state index contributed by atoms with van der Waals surface area (Å²) in [6.45, 7) is 1.98. The number of carbonyl (C=O) groups is 2. The molecule has 1 aromatic carbocycles. The van der Waals surface area contributed by atoms with Crippen molar-refractivity contribution in [2.24, 2.45) is 0 Å². The van der Waals surface area contributed by atoms with Crippen molar-refractivity contribution in [2.75, 3.05) is 7.11 Å². The van der Waals surface area contributed by atoms with Gasteiger partial charge in [-0.2, -0.15) is 0 Å². The Labute approximate surface area is 145 Å². The van der Waals surface area contributed by atoms with Crippen LogP contribution in [-0.4, -0.2) is 29.0 Å². The Morgan fingerprint density at radius 2 is 2.12 bits per heavy atom. The number of rotatable bonds is 5. The highest BCUT2D eigenvalue weighted by atomic mass is 16.5. The summed E-state index contributed by atoms with van der Waals surface area (Å²) >= 11 is 0. The lowest BCUT2D eigenvalue weighted by atomic mass is 10.1. The van der Waals surface area contributed by atoms with Gasteiger partial charge in [-0.3, -0.25) is 14.6 Å². The van der Waals surface area contributed by atoms with E-state index in [2.05, 4.69) is 15.3 Å². The quantitative estimate of drug-likeness (QED) is 0.701. The summed E-state index contributed by atoms with van der Waals surface area (Å²) in [5.74, 6) is -0.685. The number of fused-ring (bicyclic) bond motifs is 1. The van der Waals surface area contributed by atoms with Crippen LogP contribution < -0.4 is 5.32 Å². The van der Waals surface area contributed by atoms with Gasteiger partial charge in [0.2, 0.25) is 0 Å². The number of nitrogens with one attached hydrogen (secondary N) is 2. The van der Waals surface area contributed by atoms with E-state index in [0.717, 1.165) is 22.0 Å². The molecule has 0 fully saturated rings. The lowest BCUT2D eigenvalue weighted by Gasteiger charge is -2.17. The fraction of sp³-hybridized carbons (Fsp3) is 0.211. The molecule has 0 spiro atoms. The number of methoxy groups -OCH3 is 1. The van der Waals surface area contributed by atoms with Gasteiger partial charge < -0.3 is 15.0 Å². The number of ether oxygens (including phenoxy) is 1. The summed E-state index contributed by atoms with van der Waals surface area (Å²) in [5, 5.41) is 3.85. The molecule has 3 aromatic rings. The first-order valence-corrected chi connectivity index (χ1v) is 7.94. The number of nitrogens with zero attached hydrogens (tertiary/aromatic N) is 1. The van der Waals surface area contributed by atoms with Crippen LogP contribution in [0.2, 0.25) is 0 Å². The van der Waals surface area contributed by atoms with E-state index in [9.17, 15) is 9.59 Å². The van der Waals surface area contributed by atoms with E-state index in [1.807, 2.05) is 31.2 Å². The molecule has 1 atom stereocenters. The van der Waals surface area contributed by atoms with Gasteiger partial charge in [0, 0.05) is 23.3 Å². The van der Waals surface area contributed by atoms with Gasteiger partial charge in [-0.1, -0.05) is 24.3 Å². The van der Waals surface area contributed by atoms with Crippen LogP contribution in [-0.2, 0) is 9.53 Å². The summed E-state index contributed by atoms with van der Waals surface area (Å²) in [4.78, 5) is 31.6. The van der Waals surface area contributed by atoms with Gasteiger partial charge in [-0.15, -0.1) is 0 Å². The van der Waals surface area contributed by atoms with E-state index in [1.54, 1.807) is 24.5 Å². The Morgan fingerprint density at radius 1 is 1.28 bits per heavy atom. The molecule has 25 heavy (non-hydrogen) atoms. The molecular weight excluding hydrogens is 318 g/mol. The Bertz CT molecular complexity index is 903. The zero-order valence-electron chi connectivity index (χ0n) is 14.1. The van der Waals surface area contributed by atoms with Crippen LogP contribution in [0, 0.1) is 6.92 Å². The molecule has 0 bridgehead atoms. The fourth-order valence-corrected chi connectivity index (χ4v) is 2.75. The maximum absolute atomic E-state index is 12.7. The van der Waals surface area contributed by atoms with Crippen LogP contribution in [0.3, 0.4) is 0 Å². The molecule has 128 valence electrons. The molecule has 0 aliphatic carbocycles. The average Bonchev–Trinajstić information content (AvgIpc) is 3.07. The number of carbonyl (C=O) groups excluding carboxylic acids is 2. The minimum atomic E-state index is -0.513. The smallest absolute Gasteiger partial charge is 0.307 e. The highest BCUT2D eigenvalue weighted by Gasteiger charge is 2.21. The molecule has 3 rings (SSSR count). The Kier molecular flexibility index (Phi) is 4.79. The first-order chi connectivity index (χ1) is 12.1. The van der Waals surface area contributed by atoms with E-state index < -0.39 is 12.0 Å². The van der Waals surface area contributed by atoms with Crippen molar-refractivity contribution in [1.29, 1.82) is 0 Å². The molecule has 1 unspecified atom stereocenters. The minimum absolute atomic E-state index is 0.0349. The summed E-state index contributed by atoms with van der Waals surface area (Å²) in [6, 6.07) is 10.7. The molecule has 2 aromatic heterocycles. The maximum atomic E-state index is 12.7. The lowest BCUT2D eigenvalue weighted by molar-refractivity contribution is -0.141. The Hall–Kier alpha value is -3.15. The SMILES string of the molecule is COC(=O)CC(NC(=O)c1cc2cccc(C)c2[nH]1)c1cccnc1. The number of amides is 1. The van der Waals surface area contributed by atoms with E-state index in [1.165, 1.54) is 7.11 Å². The highest BCUT2D eigenvalue weighted by Crippen LogP contribution is 2.21. The number of para-hydroxylation sites is 1. The van der Waals surface area contributed by atoms with E-state index in [0.29, 0.717) is 5.69 Å². The van der Waals surface area contributed by atoms with Crippen LogP contribution in [0.4, 0.5) is 0 Å². The van der Waals surface area contributed by atoms with Crippen molar-refractivity contribution in [3.63, 3.8) is 0 Å². The first kappa shape index (κ1) is 16.7.